The molecule has 0 bridgehead atoms. The number of hydrogen-bond acceptors (Lipinski definition) is 3. The highest BCUT2D eigenvalue weighted by molar-refractivity contribution is 4.82. The van der Waals surface area contributed by atoms with E-state index in [-0.39, 0.29) is 5.60 Å². The Morgan fingerprint density at radius 3 is 2.65 bits per heavy atom. The van der Waals surface area contributed by atoms with Crippen molar-refractivity contribution in [2.75, 3.05) is 19.7 Å². The molecule has 1 aliphatic rings. The third-order valence-corrected chi connectivity index (χ3v) is 3.37. The summed E-state index contributed by atoms with van der Waals surface area (Å²) in [5, 5.41) is 3.48. The van der Waals surface area contributed by atoms with E-state index < -0.39 is 0 Å². The minimum atomic E-state index is 0.0636. The maximum absolute atomic E-state index is 6.12. The number of rotatable bonds is 6. The van der Waals surface area contributed by atoms with E-state index in [1.54, 1.807) is 0 Å². The SMILES string of the molecule is CC(C)(C)CC(N)CCNCC1(C)CCCO1. The summed E-state index contributed by atoms with van der Waals surface area (Å²) in [7, 11) is 0. The summed E-state index contributed by atoms with van der Waals surface area (Å²) >= 11 is 0. The lowest BCUT2D eigenvalue weighted by Gasteiger charge is -2.25. The topological polar surface area (TPSA) is 47.3 Å². The molecular weight excluding hydrogens is 212 g/mol. The van der Waals surface area contributed by atoms with E-state index in [1.165, 1.54) is 12.8 Å². The van der Waals surface area contributed by atoms with E-state index >= 15 is 0 Å². The quantitative estimate of drug-likeness (QED) is 0.703. The molecule has 3 N–H and O–H groups in total. The van der Waals surface area contributed by atoms with Crippen molar-refractivity contribution in [2.45, 2.75) is 65.0 Å². The second kappa shape index (κ2) is 6.17. The van der Waals surface area contributed by atoms with Gasteiger partial charge in [0.15, 0.2) is 0 Å². The van der Waals surface area contributed by atoms with Crippen LogP contribution >= 0.6 is 0 Å². The Labute approximate surface area is 106 Å². The van der Waals surface area contributed by atoms with Gasteiger partial charge in [-0.15, -0.1) is 0 Å². The Morgan fingerprint density at radius 2 is 2.12 bits per heavy atom. The van der Waals surface area contributed by atoms with Crippen molar-refractivity contribution >= 4 is 0 Å². The van der Waals surface area contributed by atoms with E-state index in [2.05, 4.69) is 33.0 Å². The normalized spacial score (nSPS) is 27.4. The first kappa shape index (κ1) is 14.9. The van der Waals surface area contributed by atoms with Crippen molar-refractivity contribution in [1.29, 1.82) is 0 Å². The van der Waals surface area contributed by atoms with Gasteiger partial charge in [-0.25, -0.2) is 0 Å². The molecule has 0 aromatic carbocycles. The number of hydrogen-bond donors (Lipinski definition) is 2. The van der Waals surface area contributed by atoms with Gasteiger partial charge in [0.1, 0.15) is 0 Å². The van der Waals surface area contributed by atoms with Crippen molar-refractivity contribution in [3.63, 3.8) is 0 Å². The highest BCUT2D eigenvalue weighted by atomic mass is 16.5. The Balaban J connectivity index is 2.07. The molecule has 2 unspecified atom stereocenters. The van der Waals surface area contributed by atoms with Gasteiger partial charge in [0.25, 0.3) is 0 Å². The molecule has 0 saturated carbocycles. The third kappa shape index (κ3) is 6.39. The molecule has 3 heteroatoms. The highest BCUT2D eigenvalue weighted by Gasteiger charge is 2.28. The van der Waals surface area contributed by atoms with Crippen LogP contribution in [0.15, 0.2) is 0 Å². The van der Waals surface area contributed by atoms with Gasteiger partial charge in [0.2, 0.25) is 0 Å². The van der Waals surface area contributed by atoms with Crippen molar-refractivity contribution in [3.8, 4) is 0 Å². The Kier molecular flexibility index (Phi) is 5.42. The first-order valence-electron chi connectivity index (χ1n) is 6.91. The van der Waals surface area contributed by atoms with Crippen molar-refractivity contribution in [3.05, 3.63) is 0 Å². The Hall–Kier alpha value is -0.120. The molecule has 1 rings (SSSR count). The van der Waals surface area contributed by atoms with Crippen molar-refractivity contribution in [2.24, 2.45) is 11.1 Å². The summed E-state index contributed by atoms with van der Waals surface area (Å²) in [5.74, 6) is 0. The van der Waals surface area contributed by atoms with Crippen LogP contribution in [0.4, 0.5) is 0 Å². The van der Waals surface area contributed by atoms with Crippen LogP contribution in [0.3, 0.4) is 0 Å². The lowest BCUT2D eigenvalue weighted by atomic mass is 9.87. The number of nitrogens with two attached hydrogens (primary N) is 1. The maximum Gasteiger partial charge on any atom is 0.0779 e. The first-order valence-corrected chi connectivity index (χ1v) is 6.91. The molecule has 0 aliphatic carbocycles. The van der Waals surface area contributed by atoms with Gasteiger partial charge in [-0.2, -0.15) is 0 Å². The fourth-order valence-corrected chi connectivity index (χ4v) is 2.51. The molecule has 17 heavy (non-hydrogen) atoms. The summed E-state index contributed by atoms with van der Waals surface area (Å²) in [5.41, 5.74) is 6.51. The summed E-state index contributed by atoms with van der Waals surface area (Å²) in [6.45, 7) is 11.8. The summed E-state index contributed by atoms with van der Waals surface area (Å²) in [6.07, 6.45) is 4.51. The molecule has 1 saturated heterocycles. The molecule has 1 aliphatic heterocycles. The summed E-state index contributed by atoms with van der Waals surface area (Å²) in [4.78, 5) is 0. The van der Waals surface area contributed by atoms with Crippen LogP contribution in [0.2, 0.25) is 0 Å². The lowest BCUT2D eigenvalue weighted by Crippen LogP contribution is -2.39. The lowest BCUT2D eigenvalue weighted by molar-refractivity contribution is 0.0209. The predicted molar refractivity (Wildman–Crippen MR) is 73.1 cm³/mol. The highest BCUT2D eigenvalue weighted by Crippen LogP contribution is 2.24. The van der Waals surface area contributed by atoms with Crippen LogP contribution in [-0.2, 0) is 4.74 Å². The van der Waals surface area contributed by atoms with Gasteiger partial charge in [-0.1, -0.05) is 20.8 Å². The summed E-state index contributed by atoms with van der Waals surface area (Å²) < 4.78 is 5.73. The first-order chi connectivity index (χ1) is 7.81. The average Bonchev–Trinajstić information content (AvgIpc) is 2.58. The van der Waals surface area contributed by atoms with Gasteiger partial charge >= 0.3 is 0 Å². The summed E-state index contributed by atoms with van der Waals surface area (Å²) in [6, 6.07) is 0.305. The molecule has 0 aromatic rings. The van der Waals surface area contributed by atoms with Crippen LogP contribution in [-0.4, -0.2) is 31.3 Å². The van der Waals surface area contributed by atoms with Crippen LogP contribution in [0.5, 0.6) is 0 Å². The van der Waals surface area contributed by atoms with Crippen LogP contribution in [0.25, 0.3) is 0 Å². The second-order valence-electron chi connectivity index (χ2n) is 6.89. The zero-order chi connectivity index (χ0) is 12.9. The predicted octanol–water partition coefficient (Wildman–Crippen LogP) is 2.30. The molecule has 1 fully saturated rings. The second-order valence-corrected chi connectivity index (χ2v) is 6.89. The van der Waals surface area contributed by atoms with Crippen LogP contribution in [0, 0.1) is 5.41 Å². The van der Waals surface area contributed by atoms with E-state index in [4.69, 9.17) is 10.5 Å². The average molecular weight is 242 g/mol. The smallest absolute Gasteiger partial charge is 0.0779 e. The monoisotopic (exact) mass is 242 g/mol. The Bertz CT molecular complexity index is 217. The van der Waals surface area contributed by atoms with E-state index in [0.717, 1.165) is 32.5 Å². The zero-order valence-electron chi connectivity index (χ0n) is 12.0. The molecule has 0 amide bonds. The molecule has 0 radical (unpaired) electrons. The van der Waals surface area contributed by atoms with Gasteiger partial charge in [-0.05, 0) is 44.6 Å². The third-order valence-electron chi connectivity index (χ3n) is 3.37. The van der Waals surface area contributed by atoms with Crippen LogP contribution in [0.1, 0.15) is 53.4 Å². The molecular formula is C14H30N2O. The molecule has 0 aromatic heterocycles. The molecule has 2 atom stereocenters. The minimum absolute atomic E-state index is 0.0636. The van der Waals surface area contributed by atoms with E-state index in [9.17, 15) is 0 Å². The molecule has 3 nitrogen and oxygen atoms in total. The van der Waals surface area contributed by atoms with Gasteiger partial charge in [0, 0.05) is 19.2 Å². The van der Waals surface area contributed by atoms with E-state index in [0.29, 0.717) is 11.5 Å². The zero-order valence-corrected chi connectivity index (χ0v) is 12.0. The van der Waals surface area contributed by atoms with E-state index in [1.807, 2.05) is 0 Å². The molecule has 102 valence electrons. The largest absolute Gasteiger partial charge is 0.374 e. The van der Waals surface area contributed by atoms with Crippen LogP contribution < -0.4 is 11.1 Å². The number of ether oxygens (including phenoxy) is 1. The van der Waals surface area contributed by atoms with Gasteiger partial charge in [-0.3, -0.25) is 0 Å². The van der Waals surface area contributed by atoms with Gasteiger partial charge in [0.05, 0.1) is 5.60 Å². The van der Waals surface area contributed by atoms with Crippen molar-refractivity contribution in [1.82, 2.24) is 5.32 Å². The van der Waals surface area contributed by atoms with Crippen molar-refractivity contribution < 1.29 is 4.74 Å². The number of nitrogens with one attached hydrogen (secondary N) is 1. The van der Waals surface area contributed by atoms with Gasteiger partial charge < -0.3 is 15.8 Å². The fourth-order valence-electron chi connectivity index (χ4n) is 2.51. The molecule has 1 heterocycles. The molecule has 0 spiro atoms. The minimum Gasteiger partial charge on any atom is -0.374 e. The maximum atomic E-state index is 6.12. The fraction of sp³-hybridized carbons (Fsp3) is 1.00. The standard InChI is InChI=1S/C14H30N2O/c1-13(2,3)10-12(15)6-8-16-11-14(4)7-5-9-17-14/h12,16H,5-11,15H2,1-4H3. The Morgan fingerprint density at radius 1 is 1.41 bits per heavy atom.